The second kappa shape index (κ2) is 10.3. The molecular weight excluding hydrogens is 538 g/mol. The third-order valence-corrected chi connectivity index (χ3v) is 9.19. The number of aromatic nitrogens is 1. The number of fused-ring (bicyclic) bond motifs is 4. The van der Waals surface area contributed by atoms with Crippen LogP contribution in [0.3, 0.4) is 0 Å². The zero-order chi connectivity index (χ0) is 28.7. The Morgan fingerprint density at radius 3 is 1.98 bits per heavy atom. The molecule has 41 heavy (non-hydrogen) atoms. The SMILES string of the molecule is Cc1ccc(S(=O)(=O)N(C[C@H](O)Cn2c3ccccc3c3ccccc32)c2cccc3c([N+](=O)[O-])cccc23)cc1. The highest BCUT2D eigenvalue weighted by atomic mass is 32.2. The van der Waals surface area contributed by atoms with Crippen LogP contribution in [-0.4, -0.2) is 35.7 Å². The van der Waals surface area contributed by atoms with Crippen molar-refractivity contribution in [2.45, 2.75) is 24.5 Å². The van der Waals surface area contributed by atoms with Gasteiger partial charge < -0.3 is 9.67 Å². The predicted octanol–water partition coefficient (Wildman–Crippen LogP) is 6.42. The van der Waals surface area contributed by atoms with Crippen molar-refractivity contribution < 1.29 is 18.4 Å². The number of aliphatic hydroxyl groups is 1. The number of hydrogen-bond acceptors (Lipinski definition) is 5. The number of hydrogen-bond donors (Lipinski definition) is 1. The Hall–Kier alpha value is -4.73. The van der Waals surface area contributed by atoms with Crippen LogP contribution in [0.1, 0.15) is 5.56 Å². The van der Waals surface area contributed by atoms with E-state index in [4.69, 9.17) is 0 Å². The summed E-state index contributed by atoms with van der Waals surface area (Å²) in [6, 6.07) is 31.7. The number of para-hydroxylation sites is 2. The van der Waals surface area contributed by atoms with Gasteiger partial charge in [-0.2, -0.15) is 0 Å². The Labute approximate surface area is 236 Å². The van der Waals surface area contributed by atoms with Gasteiger partial charge in [-0.15, -0.1) is 0 Å². The molecule has 0 aliphatic carbocycles. The van der Waals surface area contributed by atoms with E-state index >= 15 is 0 Å². The standard InChI is InChI=1S/C32H27N3O5S/c1-22-16-18-24(19-17-22)41(39,40)34(31-14-6-11-28-27(31)10-7-15-32(28)35(37)38)21-23(36)20-33-29-12-4-2-8-25(29)26-9-3-5-13-30(26)33/h2-19,23,36H,20-21H2,1H3/t23-/m1/s1. The first-order chi connectivity index (χ1) is 19.8. The molecule has 0 amide bonds. The predicted molar refractivity (Wildman–Crippen MR) is 162 cm³/mol. The summed E-state index contributed by atoms with van der Waals surface area (Å²) < 4.78 is 31.5. The molecule has 206 valence electrons. The van der Waals surface area contributed by atoms with Crippen molar-refractivity contribution in [1.82, 2.24) is 4.57 Å². The van der Waals surface area contributed by atoms with Gasteiger partial charge in [0.1, 0.15) is 0 Å². The van der Waals surface area contributed by atoms with Crippen molar-refractivity contribution in [1.29, 1.82) is 0 Å². The monoisotopic (exact) mass is 565 g/mol. The summed E-state index contributed by atoms with van der Waals surface area (Å²) in [7, 11) is -4.16. The van der Waals surface area contributed by atoms with Gasteiger partial charge >= 0.3 is 0 Å². The molecule has 0 saturated heterocycles. The van der Waals surface area contributed by atoms with Gasteiger partial charge in [0.15, 0.2) is 0 Å². The molecular formula is C32H27N3O5S. The van der Waals surface area contributed by atoms with Crippen molar-refractivity contribution in [3.05, 3.63) is 125 Å². The van der Waals surface area contributed by atoms with Crippen molar-refractivity contribution in [3.8, 4) is 0 Å². The molecule has 6 aromatic rings. The van der Waals surface area contributed by atoms with E-state index in [1.165, 1.54) is 28.6 Å². The average Bonchev–Trinajstić information content (AvgIpc) is 3.29. The van der Waals surface area contributed by atoms with Crippen LogP contribution >= 0.6 is 0 Å². The minimum absolute atomic E-state index is 0.0644. The van der Waals surface area contributed by atoms with Gasteiger partial charge in [-0.3, -0.25) is 14.4 Å². The highest BCUT2D eigenvalue weighted by Crippen LogP contribution is 2.36. The number of aryl methyl sites for hydroxylation is 1. The van der Waals surface area contributed by atoms with Crippen LogP contribution in [0.5, 0.6) is 0 Å². The van der Waals surface area contributed by atoms with Crippen molar-refractivity contribution >= 4 is 54.0 Å². The molecule has 9 heteroatoms. The van der Waals surface area contributed by atoms with Gasteiger partial charge in [-0.05, 0) is 43.3 Å². The normalized spacial score (nSPS) is 12.6. The van der Waals surface area contributed by atoms with Crippen LogP contribution in [0.2, 0.25) is 0 Å². The quantitative estimate of drug-likeness (QED) is 0.169. The van der Waals surface area contributed by atoms with Gasteiger partial charge in [0.2, 0.25) is 0 Å². The van der Waals surface area contributed by atoms with Gasteiger partial charge in [-0.25, -0.2) is 8.42 Å². The lowest BCUT2D eigenvalue weighted by Gasteiger charge is -2.28. The Morgan fingerprint density at radius 1 is 0.780 bits per heavy atom. The zero-order valence-corrected chi connectivity index (χ0v) is 23.0. The summed E-state index contributed by atoms with van der Waals surface area (Å²) in [5.74, 6) is 0. The molecule has 0 unspecified atom stereocenters. The topological polar surface area (TPSA) is 106 Å². The third kappa shape index (κ3) is 4.69. The van der Waals surface area contributed by atoms with Gasteiger partial charge in [0, 0.05) is 33.3 Å². The molecule has 1 heterocycles. The van der Waals surface area contributed by atoms with E-state index < -0.39 is 21.1 Å². The Morgan fingerprint density at radius 2 is 1.34 bits per heavy atom. The minimum atomic E-state index is -4.16. The van der Waals surface area contributed by atoms with Crippen LogP contribution in [0, 0.1) is 17.0 Å². The first kappa shape index (κ1) is 26.5. The minimum Gasteiger partial charge on any atom is -0.389 e. The van der Waals surface area contributed by atoms with E-state index in [1.54, 1.807) is 36.4 Å². The number of nitrogens with zero attached hydrogens (tertiary/aromatic N) is 3. The second-order valence-corrected chi connectivity index (χ2v) is 11.9. The fourth-order valence-electron chi connectivity index (χ4n) is 5.48. The molecule has 0 saturated carbocycles. The maximum absolute atomic E-state index is 14.1. The Balaban J connectivity index is 1.47. The molecule has 1 aromatic heterocycles. The van der Waals surface area contributed by atoms with E-state index in [9.17, 15) is 23.6 Å². The number of aliphatic hydroxyl groups excluding tert-OH is 1. The summed E-state index contributed by atoms with van der Waals surface area (Å²) in [6.07, 6.45) is -1.11. The van der Waals surface area contributed by atoms with E-state index in [0.29, 0.717) is 10.8 Å². The van der Waals surface area contributed by atoms with Crippen LogP contribution in [0.15, 0.2) is 114 Å². The third-order valence-electron chi connectivity index (χ3n) is 7.40. The number of rotatable bonds is 8. The van der Waals surface area contributed by atoms with Crippen molar-refractivity contribution in [3.63, 3.8) is 0 Å². The van der Waals surface area contributed by atoms with E-state index in [1.807, 2.05) is 60.0 Å². The Kier molecular flexibility index (Phi) is 6.69. The van der Waals surface area contributed by atoms with E-state index in [2.05, 4.69) is 0 Å². The highest BCUT2D eigenvalue weighted by molar-refractivity contribution is 7.92. The average molecular weight is 566 g/mol. The smallest absolute Gasteiger partial charge is 0.277 e. The van der Waals surface area contributed by atoms with Crippen molar-refractivity contribution in [2.24, 2.45) is 0 Å². The van der Waals surface area contributed by atoms with Crippen LogP contribution in [-0.2, 0) is 16.6 Å². The molecule has 8 nitrogen and oxygen atoms in total. The number of nitro groups is 1. The number of sulfonamides is 1. The molecule has 0 aliphatic rings. The van der Waals surface area contributed by atoms with Crippen LogP contribution in [0.25, 0.3) is 32.6 Å². The molecule has 0 aliphatic heterocycles. The Bertz CT molecular complexity index is 1980. The van der Waals surface area contributed by atoms with Crippen LogP contribution in [0.4, 0.5) is 11.4 Å². The maximum atomic E-state index is 14.1. The number of nitro benzene ring substituents is 1. The number of non-ortho nitro benzene ring substituents is 1. The zero-order valence-electron chi connectivity index (χ0n) is 22.2. The van der Waals surface area contributed by atoms with Gasteiger partial charge in [0.25, 0.3) is 15.7 Å². The van der Waals surface area contributed by atoms with Crippen LogP contribution < -0.4 is 4.31 Å². The summed E-state index contributed by atoms with van der Waals surface area (Å²) in [5, 5.41) is 26.1. The molecule has 0 radical (unpaired) electrons. The summed E-state index contributed by atoms with van der Waals surface area (Å²) in [6.45, 7) is 1.74. The molecule has 1 N–H and O–H groups in total. The fraction of sp³-hybridized carbons (Fsp3) is 0.125. The molecule has 1 atom stereocenters. The lowest BCUT2D eigenvalue weighted by atomic mass is 10.1. The van der Waals surface area contributed by atoms with Gasteiger partial charge in [0.05, 0.1) is 40.1 Å². The number of benzene rings is 5. The molecule has 0 bridgehead atoms. The summed E-state index contributed by atoms with van der Waals surface area (Å²) in [5.41, 5.74) is 2.90. The lowest BCUT2D eigenvalue weighted by molar-refractivity contribution is -0.383. The molecule has 0 spiro atoms. The summed E-state index contributed by atoms with van der Waals surface area (Å²) >= 11 is 0. The molecule has 6 rings (SSSR count). The maximum Gasteiger partial charge on any atom is 0.277 e. The first-order valence-corrected chi connectivity index (χ1v) is 14.6. The van der Waals surface area contributed by atoms with Gasteiger partial charge in [-0.1, -0.05) is 72.3 Å². The highest BCUT2D eigenvalue weighted by Gasteiger charge is 2.30. The lowest BCUT2D eigenvalue weighted by Crippen LogP contribution is -2.39. The summed E-state index contributed by atoms with van der Waals surface area (Å²) in [4.78, 5) is 11.3. The van der Waals surface area contributed by atoms with E-state index in [0.717, 1.165) is 27.4 Å². The second-order valence-electron chi connectivity index (χ2n) is 10.1. The number of anilines is 1. The van der Waals surface area contributed by atoms with E-state index in [-0.39, 0.29) is 29.4 Å². The molecule has 5 aromatic carbocycles. The largest absolute Gasteiger partial charge is 0.389 e. The fourth-order valence-corrected chi connectivity index (χ4v) is 7.00. The molecule has 0 fully saturated rings. The first-order valence-electron chi connectivity index (χ1n) is 13.2. The van der Waals surface area contributed by atoms with Crippen molar-refractivity contribution in [2.75, 3.05) is 10.8 Å².